The summed E-state index contributed by atoms with van der Waals surface area (Å²) in [5, 5.41) is 3.15. The van der Waals surface area contributed by atoms with Crippen molar-refractivity contribution in [3.8, 4) is 0 Å². The van der Waals surface area contributed by atoms with Crippen LogP contribution < -0.4 is 5.32 Å². The molecule has 1 fully saturated rings. The predicted molar refractivity (Wildman–Crippen MR) is 103 cm³/mol. The van der Waals surface area contributed by atoms with Gasteiger partial charge in [-0.15, -0.1) is 0 Å². The number of rotatable bonds is 6. The van der Waals surface area contributed by atoms with Gasteiger partial charge in [0, 0.05) is 26.7 Å². The average Bonchev–Trinajstić information content (AvgIpc) is 3.21. The van der Waals surface area contributed by atoms with Gasteiger partial charge in [0.15, 0.2) is 0 Å². The highest BCUT2D eigenvalue weighted by Crippen LogP contribution is 2.29. The molecular formula is C21H28F3N3O. The zero-order chi connectivity index (χ0) is 20.1. The normalized spacial score (nSPS) is 21.2. The molecule has 1 aromatic rings. The van der Waals surface area contributed by atoms with Crippen LogP contribution in [0.4, 0.5) is 13.2 Å². The quantitative estimate of drug-likeness (QED) is 0.753. The molecule has 0 bridgehead atoms. The van der Waals surface area contributed by atoms with Crippen LogP contribution in [0.25, 0.3) is 0 Å². The number of nitrogens with zero attached hydrogens (tertiary/aromatic N) is 2. The zero-order valence-electron chi connectivity index (χ0n) is 16.2. The van der Waals surface area contributed by atoms with Crippen molar-refractivity contribution >= 4 is 5.91 Å². The molecule has 1 aromatic carbocycles. The van der Waals surface area contributed by atoms with Crippen LogP contribution in [0, 0.1) is 5.92 Å². The first-order valence-electron chi connectivity index (χ1n) is 9.86. The molecule has 0 aliphatic carbocycles. The van der Waals surface area contributed by atoms with Crippen molar-refractivity contribution in [2.24, 2.45) is 5.92 Å². The van der Waals surface area contributed by atoms with Crippen LogP contribution >= 0.6 is 0 Å². The molecule has 1 N–H and O–H groups in total. The number of amides is 1. The summed E-state index contributed by atoms with van der Waals surface area (Å²) in [4.78, 5) is 16.5. The van der Waals surface area contributed by atoms with E-state index in [1.54, 1.807) is 6.07 Å². The number of piperidine rings is 1. The lowest BCUT2D eigenvalue weighted by Crippen LogP contribution is -2.45. The number of alkyl halides is 3. The lowest BCUT2D eigenvalue weighted by molar-refractivity contribution is -0.137. The van der Waals surface area contributed by atoms with Crippen LogP contribution in [0.15, 0.2) is 36.4 Å². The van der Waals surface area contributed by atoms with Gasteiger partial charge in [0.1, 0.15) is 6.04 Å². The van der Waals surface area contributed by atoms with Crippen LogP contribution in [-0.2, 0) is 17.4 Å². The van der Waals surface area contributed by atoms with Gasteiger partial charge >= 0.3 is 6.18 Å². The Hall–Kier alpha value is -1.86. The lowest BCUT2D eigenvalue weighted by atomic mass is 9.95. The fourth-order valence-electron chi connectivity index (χ4n) is 3.93. The Balaban J connectivity index is 1.41. The largest absolute Gasteiger partial charge is 0.416 e. The summed E-state index contributed by atoms with van der Waals surface area (Å²) in [5.74, 6) is 0.588. The molecule has 3 rings (SSSR count). The number of halogens is 3. The first-order chi connectivity index (χ1) is 13.3. The van der Waals surface area contributed by atoms with Gasteiger partial charge in [-0.3, -0.25) is 10.1 Å². The monoisotopic (exact) mass is 395 g/mol. The summed E-state index contributed by atoms with van der Waals surface area (Å²) >= 11 is 0. The Bertz CT molecular complexity index is 696. The van der Waals surface area contributed by atoms with E-state index >= 15 is 0 Å². The van der Waals surface area contributed by atoms with Gasteiger partial charge in [0.05, 0.1) is 5.56 Å². The van der Waals surface area contributed by atoms with Gasteiger partial charge in [0.25, 0.3) is 0 Å². The predicted octanol–water partition coefficient (Wildman–Crippen LogP) is 2.95. The Labute approximate surface area is 164 Å². The minimum absolute atomic E-state index is 0.112. The maximum Gasteiger partial charge on any atom is 0.416 e. The highest BCUT2D eigenvalue weighted by molar-refractivity contribution is 5.84. The van der Waals surface area contributed by atoms with Crippen molar-refractivity contribution in [1.29, 1.82) is 0 Å². The van der Waals surface area contributed by atoms with Gasteiger partial charge in [-0.25, -0.2) is 0 Å². The van der Waals surface area contributed by atoms with Crippen molar-refractivity contribution in [3.63, 3.8) is 0 Å². The number of hydrogen-bond donors (Lipinski definition) is 1. The molecule has 1 saturated heterocycles. The lowest BCUT2D eigenvalue weighted by Gasteiger charge is -2.34. The second-order valence-electron chi connectivity index (χ2n) is 7.77. The first kappa shape index (κ1) is 20.9. The number of benzene rings is 1. The fourth-order valence-corrected chi connectivity index (χ4v) is 3.93. The molecule has 154 valence electrons. The van der Waals surface area contributed by atoms with Crippen molar-refractivity contribution in [2.45, 2.75) is 31.5 Å². The summed E-state index contributed by atoms with van der Waals surface area (Å²) in [5.41, 5.74) is 0.141. The Kier molecular flexibility index (Phi) is 6.78. The molecule has 0 unspecified atom stereocenters. The van der Waals surface area contributed by atoms with Crippen LogP contribution in [0.1, 0.15) is 24.0 Å². The van der Waals surface area contributed by atoms with Crippen LogP contribution in [0.2, 0.25) is 0 Å². The maximum atomic E-state index is 12.8. The summed E-state index contributed by atoms with van der Waals surface area (Å²) in [7, 11) is 1.86. The van der Waals surface area contributed by atoms with Crippen molar-refractivity contribution in [1.82, 2.24) is 15.1 Å². The number of carbonyl (C=O) groups excluding carboxylic acids is 1. The second kappa shape index (κ2) is 9.09. The van der Waals surface area contributed by atoms with E-state index < -0.39 is 11.7 Å². The molecule has 0 saturated carbocycles. The number of carbonyl (C=O) groups is 1. The topological polar surface area (TPSA) is 35.6 Å². The van der Waals surface area contributed by atoms with Gasteiger partial charge in [-0.05, 0) is 49.9 Å². The number of nitrogens with one attached hydrogen (secondary N) is 1. The third-order valence-electron chi connectivity index (χ3n) is 5.64. The molecular weight excluding hydrogens is 367 g/mol. The number of likely N-dealkylation sites (N-methyl/N-ethyl adjacent to an activating group) is 1. The maximum absolute atomic E-state index is 12.8. The van der Waals surface area contributed by atoms with E-state index in [0.717, 1.165) is 57.2 Å². The Morgan fingerprint density at radius 1 is 1.29 bits per heavy atom. The molecule has 2 aliphatic heterocycles. The van der Waals surface area contributed by atoms with Crippen molar-refractivity contribution < 1.29 is 18.0 Å². The van der Waals surface area contributed by atoms with E-state index in [4.69, 9.17) is 0 Å². The van der Waals surface area contributed by atoms with Gasteiger partial charge in [-0.2, -0.15) is 13.2 Å². The van der Waals surface area contributed by atoms with Crippen LogP contribution in [0.5, 0.6) is 0 Å². The molecule has 4 nitrogen and oxygen atoms in total. The summed E-state index contributed by atoms with van der Waals surface area (Å²) in [6.45, 7) is 4.11. The molecule has 0 aromatic heterocycles. The number of likely N-dealkylation sites (tertiary alicyclic amines) is 1. The summed E-state index contributed by atoms with van der Waals surface area (Å²) < 4.78 is 38.5. The average molecular weight is 395 g/mol. The zero-order valence-corrected chi connectivity index (χ0v) is 16.2. The Morgan fingerprint density at radius 3 is 2.68 bits per heavy atom. The SMILES string of the molecule is CN(CC1CCN(CCc2cccc(C(F)(F)F)c2)CC1)C(=O)[C@H]1C=CCN1. The third-order valence-corrected chi connectivity index (χ3v) is 5.64. The smallest absolute Gasteiger partial charge is 0.344 e. The van der Waals surface area contributed by atoms with E-state index in [1.165, 1.54) is 12.1 Å². The summed E-state index contributed by atoms with van der Waals surface area (Å²) in [6, 6.07) is 5.40. The van der Waals surface area contributed by atoms with E-state index in [1.807, 2.05) is 24.1 Å². The summed E-state index contributed by atoms with van der Waals surface area (Å²) in [6.07, 6.45) is 2.23. The molecule has 0 spiro atoms. The molecule has 2 heterocycles. The first-order valence-corrected chi connectivity index (χ1v) is 9.86. The van der Waals surface area contributed by atoms with E-state index in [2.05, 4.69) is 10.2 Å². The highest BCUT2D eigenvalue weighted by atomic mass is 19.4. The van der Waals surface area contributed by atoms with Gasteiger partial charge < -0.3 is 9.80 Å². The minimum Gasteiger partial charge on any atom is -0.344 e. The van der Waals surface area contributed by atoms with Crippen LogP contribution in [0.3, 0.4) is 0 Å². The number of hydrogen-bond acceptors (Lipinski definition) is 3. The molecule has 1 atom stereocenters. The van der Waals surface area contributed by atoms with E-state index in [0.29, 0.717) is 12.3 Å². The molecule has 28 heavy (non-hydrogen) atoms. The molecule has 0 radical (unpaired) electrons. The molecule has 1 amide bonds. The van der Waals surface area contributed by atoms with Crippen LogP contribution in [-0.4, -0.2) is 61.5 Å². The van der Waals surface area contributed by atoms with Crippen molar-refractivity contribution in [3.05, 3.63) is 47.5 Å². The van der Waals surface area contributed by atoms with E-state index in [-0.39, 0.29) is 11.9 Å². The molecule has 2 aliphatic rings. The van der Waals surface area contributed by atoms with Gasteiger partial charge in [-0.1, -0.05) is 30.4 Å². The molecule has 7 heteroatoms. The van der Waals surface area contributed by atoms with E-state index in [9.17, 15) is 18.0 Å². The third kappa shape index (κ3) is 5.58. The Morgan fingerprint density at radius 2 is 2.04 bits per heavy atom. The second-order valence-corrected chi connectivity index (χ2v) is 7.77. The standard InChI is InChI=1S/C21H28F3N3O/c1-26(20(28)19-6-3-10-25-19)15-17-8-12-27(13-9-17)11-7-16-4-2-5-18(14-16)21(22,23)24/h2-6,14,17,19,25H,7-13,15H2,1H3/t19-/m1/s1. The van der Waals surface area contributed by atoms with Gasteiger partial charge in [0.2, 0.25) is 5.91 Å². The van der Waals surface area contributed by atoms with Crippen molar-refractivity contribution in [2.75, 3.05) is 39.8 Å². The fraction of sp³-hybridized carbons (Fsp3) is 0.571. The minimum atomic E-state index is -4.29. The highest BCUT2D eigenvalue weighted by Gasteiger charge is 2.30.